The zero-order valence-electron chi connectivity index (χ0n) is 43.8. The van der Waals surface area contributed by atoms with Crippen molar-refractivity contribution in [2.24, 2.45) is 5.92 Å². The summed E-state index contributed by atoms with van der Waals surface area (Å²) in [5.41, 5.74) is 0. The second-order valence-electron chi connectivity index (χ2n) is 20.4. The number of carbonyl (C=O) groups excluding carboxylic acids is 3. The number of unbranched alkanes of at least 4 members (excludes halogenated alkanes) is 40. The molecular weight excluding hydrogens is 793 g/mol. The van der Waals surface area contributed by atoms with E-state index in [1.807, 2.05) is 0 Å². The average molecular weight is 906 g/mol. The van der Waals surface area contributed by atoms with Crippen molar-refractivity contribution >= 4 is 17.9 Å². The highest BCUT2D eigenvalue weighted by atomic mass is 16.6. The first-order valence-corrected chi connectivity index (χ1v) is 28.9. The van der Waals surface area contributed by atoms with Crippen molar-refractivity contribution in [2.45, 2.75) is 336 Å². The molecule has 0 radical (unpaired) electrons. The molecule has 0 aliphatic rings. The highest BCUT2D eigenvalue weighted by molar-refractivity contribution is 5.71. The molecule has 0 aliphatic carbocycles. The molecule has 0 spiro atoms. The van der Waals surface area contributed by atoms with Gasteiger partial charge in [-0.25, -0.2) is 0 Å². The molecule has 0 saturated heterocycles. The third-order valence-corrected chi connectivity index (χ3v) is 13.3. The molecule has 0 saturated carbocycles. The fraction of sp³-hybridized carbons (Fsp3) is 0.948. The van der Waals surface area contributed by atoms with Crippen molar-refractivity contribution in [3.8, 4) is 0 Å². The molecule has 0 bridgehead atoms. The van der Waals surface area contributed by atoms with Gasteiger partial charge in [0.05, 0.1) is 0 Å². The van der Waals surface area contributed by atoms with Crippen molar-refractivity contribution in [3.63, 3.8) is 0 Å². The van der Waals surface area contributed by atoms with Crippen molar-refractivity contribution in [3.05, 3.63) is 0 Å². The van der Waals surface area contributed by atoms with Gasteiger partial charge in [0.25, 0.3) is 0 Å². The lowest BCUT2D eigenvalue weighted by Gasteiger charge is -2.18. The van der Waals surface area contributed by atoms with Gasteiger partial charge < -0.3 is 14.2 Å². The van der Waals surface area contributed by atoms with Crippen molar-refractivity contribution in [1.82, 2.24) is 0 Å². The molecule has 0 amide bonds. The van der Waals surface area contributed by atoms with Crippen LogP contribution in [0.5, 0.6) is 0 Å². The normalized spacial score (nSPS) is 12.0. The Morgan fingerprint density at radius 1 is 0.297 bits per heavy atom. The minimum Gasteiger partial charge on any atom is -0.462 e. The van der Waals surface area contributed by atoms with Crippen LogP contribution in [0.1, 0.15) is 329 Å². The third kappa shape index (κ3) is 51.4. The molecule has 6 heteroatoms. The summed E-state index contributed by atoms with van der Waals surface area (Å²) in [6.07, 6.45) is 56.6. The summed E-state index contributed by atoms with van der Waals surface area (Å²) in [7, 11) is 0. The molecule has 0 aromatic rings. The van der Waals surface area contributed by atoms with Crippen LogP contribution in [0.15, 0.2) is 0 Å². The fourth-order valence-corrected chi connectivity index (χ4v) is 8.92. The Kier molecular flexibility index (Phi) is 51.1. The lowest BCUT2D eigenvalue weighted by Crippen LogP contribution is -2.30. The standard InChI is InChI=1S/C58H112O6/c1-5-7-9-11-13-15-17-18-19-23-27-31-35-39-43-47-51-58(61)64-55(52-62-56(59)49-45-41-37-33-28-16-14-12-10-8-6-2)53-63-57(60)50-46-42-38-34-30-26-24-21-20-22-25-29-32-36-40-44-48-54(3)4/h54-55H,5-53H2,1-4H3/t55-/m1/s1. The number of hydrogen-bond acceptors (Lipinski definition) is 6. The van der Waals surface area contributed by atoms with Gasteiger partial charge in [-0.3, -0.25) is 14.4 Å². The molecule has 380 valence electrons. The highest BCUT2D eigenvalue weighted by Gasteiger charge is 2.19. The van der Waals surface area contributed by atoms with Crippen LogP contribution in [-0.2, 0) is 28.6 Å². The average Bonchev–Trinajstić information content (AvgIpc) is 3.28. The third-order valence-electron chi connectivity index (χ3n) is 13.3. The topological polar surface area (TPSA) is 78.9 Å². The first kappa shape index (κ1) is 62.4. The van der Waals surface area contributed by atoms with Gasteiger partial charge in [0, 0.05) is 19.3 Å². The second kappa shape index (κ2) is 52.4. The Labute approximate surface area is 399 Å². The van der Waals surface area contributed by atoms with Crippen LogP contribution in [-0.4, -0.2) is 37.2 Å². The van der Waals surface area contributed by atoms with E-state index in [1.54, 1.807) is 0 Å². The van der Waals surface area contributed by atoms with E-state index in [4.69, 9.17) is 14.2 Å². The summed E-state index contributed by atoms with van der Waals surface area (Å²) in [6.45, 7) is 9.06. The quantitative estimate of drug-likeness (QED) is 0.0344. The zero-order valence-corrected chi connectivity index (χ0v) is 43.8. The van der Waals surface area contributed by atoms with E-state index in [9.17, 15) is 14.4 Å². The van der Waals surface area contributed by atoms with Gasteiger partial charge in [0.2, 0.25) is 0 Å². The predicted octanol–water partition coefficient (Wildman–Crippen LogP) is 19.0. The SMILES string of the molecule is CCCCCCCCCCCCCCCCCCC(=O)O[C@H](COC(=O)CCCCCCCCCCCCC)COC(=O)CCCCCCCCCCCCCCCCCCC(C)C. The van der Waals surface area contributed by atoms with E-state index in [1.165, 1.54) is 225 Å². The summed E-state index contributed by atoms with van der Waals surface area (Å²) in [4.78, 5) is 38.1. The number of ether oxygens (including phenoxy) is 3. The van der Waals surface area contributed by atoms with Crippen LogP contribution < -0.4 is 0 Å². The maximum atomic E-state index is 12.8. The first-order chi connectivity index (χ1) is 31.4. The highest BCUT2D eigenvalue weighted by Crippen LogP contribution is 2.18. The molecule has 0 fully saturated rings. The van der Waals surface area contributed by atoms with E-state index in [2.05, 4.69) is 27.7 Å². The fourth-order valence-electron chi connectivity index (χ4n) is 8.92. The summed E-state index contributed by atoms with van der Waals surface area (Å²) in [6, 6.07) is 0. The Hall–Kier alpha value is -1.59. The van der Waals surface area contributed by atoms with Crippen molar-refractivity contribution in [1.29, 1.82) is 0 Å². The maximum Gasteiger partial charge on any atom is 0.306 e. The lowest BCUT2D eigenvalue weighted by atomic mass is 10.0. The molecule has 0 aromatic heterocycles. The molecule has 1 atom stereocenters. The maximum absolute atomic E-state index is 12.8. The molecule has 0 heterocycles. The monoisotopic (exact) mass is 905 g/mol. The van der Waals surface area contributed by atoms with Gasteiger partial charge >= 0.3 is 17.9 Å². The van der Waals surface area contributed by atoms with Gasteiger partial charge in [-0.15, -0.1) is 0 Å². The van der Waals surface area contributed by atoms with E-state index in [-0.39, 0.29) is 31.1 Å². The Balaban J connectivity index is 4.25. The predicted molar refractivity (Wildman–Crippen MR) is 275 cm³/mol. The van der Waals surface area contributed by atoms with Crippen LogP contribution in [0.2, 0.25) is 0 Å². The molecule has 0 N–H and O–H groups in total. The van der Waals surface area contributed by atoms with Crippen LogP contribution in [0.4, 0.5) is 0 Å². The summed E-state index contributed by atoms with van der Waals surface area (Å²) < 4.78 is 16.9. The summed E-state index contributed by atoms with van der Waals surface area (Å²) in [5.74, 6) is 0.0169. The van der Waals surface area contributed by atoms with Crippen LogP contribution in [0.3, 0.4) is 0 Å². The first-order valence-electron chi connectivity index (χ1n) is 28.9. The molecule has 64 heavy (non-hydrogen) atoms. The van der Waals surface area contributed by atoms with Crippen LogP contribution >= 0.6 is 0 Å². The number of rotatable bonds is 53. The van der Waals surface area contributed by atoms with Gasteiger partial charge in [0.1, 0.15) is 13.2 Å². The smallest absolute Gasteiger partial charge is 0.306 e. The molecule has 0 unspecified atom stereocenters. The van der Waals surface area contributed by atoms with Gasteiger partial charge in [-0.05, 0) is 25.2 Å². The van der Waals surface area contributed by atoms with Crippen molar-refractivity contribution in [2.75, 3.05) is 13.2 Å². The molecule has 0 rings (SSSR count). The Morgan fingerprint density at radius 2 is 0.516 bits per heavy atom. The molecule has 0 aliphatic heterocycles. The largest absolute Gasteiger partial charge is 0.462 e. The molecule has 6 nitrogen and oxygen atoms in total. The van der Waals surface area contributed by atoms with E-state index < -0.39 is 6.10 Å². The lowest BCUT2D eigenvalue weighted by molar-refractivity contribution is -0.167. The number of hydrogen-bond donors (Lipinski definition) is 0. The second-order valence-corrected chi connectivity index (χ2v) is 20.4. The van der Waals surface area contributed by atoms with Gasteiger partial charge in [-0.1, -0.05) is 291 Å². The van der Waals surface area contributed by atoms with E-state index in [0.29, 0.717) is 19.3 Å². The molecule has 0 aromatic carbocycles. The van der Waals surface area contributed by atoms with Crippen LogP contribution in [0.25, 0.3) is 0 Å². The van der Waals surface area contributed by atoms with Crippen molar-refractivity contribution < 1.29 is 28.6 Å². The van der Waals surface area contributed by atoms with Gasteiger partial charge in [-0.2, -0.15) is 0 Å². The van der Waals surface area contributed by atoms with E-state index >= 15 is 0 Å². The summed E-state index contributed by atoms with van der Waals surface area (Å²) in [5, 5.41) is 0. The minimum absolute atomic E-state index is 0.0618. The van der Waals surface area contributed by atoms with Gasteiger partial charge in [0.15, 0.2) is 6.10 Å². The zero-order chi connectivity index (χ0) is 46.7. The number of esters is 3. The molecular formula is C58H112O6. The Morgan fingerprint density at radius 3 is 0.766 bits per heavy atom. The van der Waals surface area contributed by atoms with E-state index in [0.717, 1.165) is 63.7 Å². The summed E-state index contributed by atoms with van der Waals surface area (Å²) >= 11 is 0. The number of carbonyl (C=O) groups is 3. The van der Waals surface area contributed by atoms with Crippen LogP contribution in [0, 0.1) is 5.92 Å². The Bertz CT molecular complexity index is 964. The minimum atomic E-state index is -0.761.